The first-order valence-corrected chi connectivity index (χ1v) is 6.27. The van der Waals surface area contributed by atoms with Crippen LogP contribution in [0, 0.1) is 5.41 Å². The summed E-state index contributed by atoms with van der Waals surface area (Å²) >= 11 is 7.31. The molecule has 0 N–H and O–H groups in total. The molecule has 0 heterocycles. The van der Waals surface area contributed by atoms with Crippen LogP contribution in [0.25, 0.3) is 0 Å². The van der Waals surface area contributed by atoms with E-state index in [4.69, 9.17) is 11.6 Å². The van der Waals surface area contributed by atoms with Crippen LogP contribution in [0.5, 0.6) is 0 Å². The Hall–Kier alpha value is -0.730. The maximum Gasteiger partial charge on any atom is 0.212 e. The summed E-state index contributed by atoms with van der Waals surface area (Å²) in [5.41, 5.74) is -0.388. The molecule has 1 nitrogen and oxygen atoms in total. The topological polar surface area (TPSA) is 17.1 Å². The smallest absolute Gasteiger partial charge is 0.212 e. The molecule has 0 aliphatic carbocycles. The van der Waals surface area contributed by atoms with Crippen LogP contribution in [0.2, 0.25) is 0 Å². The molecule has 1 aromatic rings. The molecule has 86 valence electrons. The Kier molecular flexibility index (Phi) is 4.63. The summed E-state index contributed by atoms with van der Waals surface area (Å²) in [5, 5.41) is -0.604. The van der Waals surface area contributed by atoms with E-state index in [0.29, 0.717) is 0 Å². The first kappa shape index (κ1) is 13.3. The Balaban J connectivity index is 2.70. The van der Waals surface area contributed by atoms with E-state index >= 15 is 0 Å². The van der Waals surface area contributed by atoms with Crippen molar-refractivity contribution in [2.45, 2.75) is 24.1 Å². The van der Waals surface area contributed by atoms with Crippen LogP contribution in [0.4, 0.5) is 0 Å². The van der Waals surface area contributed by atoms with Crippen molar-refractivity contribution < 1.29 is 4.79 Å². The van der Waals surface area contributed by atoms with E-state index in [1.165, 1.54) is 11.8 Å². The van der Waals surface area contributed by atoms with E-state index in [0.717, 1.165) is 4.90 Å². The van der Waals surface area contributed by atoms with Gasteiger partial charge in [-0.15, -0.1) is 18.2 Å². The summed E-state index contributed by atoms with van der Waals surface area (Å²) in [6, 6.07) is 9.51. The average Bonchev–Trinajstić information content (AvgIpc) is 2.29. The molecular formula is C13H15ClOS. The summed E-state index contributed by atoms with van der Waals surface area (Å²) in [6.45, 7) is 7.50. The first-order chi connectivity index (χ1) is 7.47. The van der Waals surface area contributed by atoms with E-state index in [1.54, 1.807) is 6.08 Å². The highest BCUT2D eigenvalue weighted by Gasteiger charge is 2.31. The minimum absolute atomic E-state index is 0.0437. The minimum atomic E-state index is -0.560. The molecule has 3 heteroatoms. The number of benzene rings is 1. The standard InChI is InChI=1S/C13H15ClOS/c1-4-13(2,3)11(14)12(15)16-10-8-6-5-7-9-10/h4-9,11H,1H2,2-3H3. The third-order valence-electron chi connectivity index (χ3n) is 2.35. The van der Waals surface area contributed by atoms with Crippen molar-refractivity contribution in [2.75, 3.05) is 0 Å². The summed E-state index contributed by atoms with van der Waals surface area (Å²) in [5.74, 6) is 0. The Morgan fingerprint density at radius 2 is 2.00 bits per heavy atom. The molecule has 0 aliphatic heterocycles. The Morgan fingerprint density at radius 1 is 1.44 bits per heavy atom. The maximum atomic E-state index is 11.9. The zero-order valence-corrected chi connectivity index (χ0v) is 11.0. The molecule has 0 aliphatic rings. The molecule has 0 saturated heterocycles. The number of thioether (sulfide) groups is 1. The van der Waals surface area contributed by atoms with Crippen molar-refractivity contribution in [1.82, 2.24) is 0 Å². The second-order valence-electron chi connectivity index (χ2n) is 4.12. The molecule has 1 unspecified atom stereocenters. The highest BCUT2D eigenvalue weighted by molar-refractivity contribution is 8.14. The second-order valence-corrected chi connectivity index (χ2v) is 5.64. The normalized spacial score (nSPS) is 13.2. The number of halogens is 1. The van der Waals surface area contributed by atoms with Crippen LogP contribution in [0.3, 0.4) is 0 Å². The van der Waals surface area contributed by atoms with E-state index < -0.39 is 5.38 Å². The van der Waals surface area contributed by atoms with Gasteiger partial charge >= 0.3 is 0 Å². The summed E-state index contributed by atoms with van der Waals surface area (Å²) in [4.78, 5) is 12.8. The number of rotatable bonds is 4. The SMILES string of the molecule is C=CC(C)(C)C(Cl)C(=O)Sc1ccccc1. The van der Waals surface area contributed by atoms with E-state index in [-0.39, 0.29) is 10.5 Å². The fourth-order valence-electron chi connectivity index (χ4n) is 1.06. The number of carbonyl (C=O) groups excluding carboxylic acids is 1. The molecule has 0 amide bonds. The van der Waals surface area contributed by atoms with Gasteiger partial charge in [-0.1, -0.05) is 49.9 Å². The second kappa shape index (κ2) is 5.55. The molecule has 1 aromatic carbocycles. The summed E-state index contributed by atoms with van der Waals surface area (Å²) in [7, 11) is 0. The van der Waals surface area contributed by atoms with Gasteiger partial charge in [0.15, 0.2) is 0 Å². The number of allylic oxidation sites excluding steroid dienone is 1. The fraction of sp³-hybridized carbons (Fsp3) is 0.308. The quantitative estimate of drug-likeness (QED) is 0.457. The lowest BCUT2D eigenvalue weighted by Gasteiger charge is -2.24. The molecule has 0 radical (unpaired) electrons. The third kappa shape index (κ3) is 3.39. The third-order valence-corrected chi connectivity index (χ3v) is 4.18. The highest BCUT2D eigenvalue weighted by atomic mass is 35.5. The van der Waals surface area contributed by atoms with Gasteiger partial charge in [-0.25, -0.2) is 0 Å². The number of hydrogen-bond acceptors (Lipinski definition) is 2. The van der Waals surface area contributed by atoms with Crippen molar-refractivity contribution in [3.8, 4) is 0 Å². The molecule has 0 bridgehead atoms. The van der Waals surface area contributed by atoms with Gasteiger partial charge in [0.25, 0.3) is 0 Å². The van der Waals surface area contributed by atoms with E-state index in [9.17, 15) is 4.79 Å². The number of hydrogen-bond donors (Lipinski definition) is 0. The fourth-order valence-corrected chi connectivity index (χ4v) is 2.22. The molecule has 0 aromatic heterocycles. The molecule has 0 fully saturated rings. The van der Waals surface area contributed by atoms with Gasteiger partial charge in [-0.05, 0) is 12.1 Å². The largest absolute Gasteiger partial charge is 0.285 e. The zero-order valence-electron chi connectivity index (χ0n) is 9.44. The predicted molar refractivity (Wildman–Crippen MR) is 70.9 cm³/mol. The summed E-state index contributed by atoms with van der Waals surface area (Å²) < 4.78 is 0. The highest BCUT2D eigenvalue weighted by Crippen LogP contribution is 2.32. The molecule has 0 saturated carbocycles. The first-order valence-electron chi connectivity index (χ1n) is 5.02. The summed E-state index contributed by atoms with van der Waals surface area (Å²) in [6.07, 6.45) is 1.72. The van der Waals surface area contributed by atoms with Gasteiger partial charge in [0.05, 0.1) is 0 Å². The van der Waals surface area contributed by atoms with Gasteiger partial charge in [0.2, 0.25) is 5.12 Å². The molecule has 16 heavy (non-hydrogen) atoms. The van der Waals surface area contributed by atoms with Crippen molar-refractivity contribution in [2.24, 2.45) is 5.41 Å². The molecule has 1 rings (SSSR count). The van der Waals surface area contributed by atoms with Crippen LogP contribution in [-0.4, -0.2) is 10.5 Å². The zero-order chi connectivity index (χ0) is 12.2. The van der Waals surface area contributed by atoms with E-state index in [2.05, 4.69) is 6.58 Å². The van der Waals surface area contributed by atoms with Crippen molar-refractivity contribution in [3.05, 3.63) is 43.0 Å². The van der Waals surface area contributed by atoms with Crippen molar-refractivity contribution in [1.29, 1.82) is 0 Å². The monoisotopic (exact) mass is 254 g/mol. The van der Waals surface area contributed by atoms with Gasteiger partial charge in [0.1, 0.15) is 5.38 Å². The van der Waals surface area contributed by atoms with Gasteiger partial charge in [0, 0.05) is 10.3 Å². The molecule has 1 atom stereocenters. The Labute approximate surface area is 106 Å². The van der Waals surface area contributed by atoms with Gasteiger partial charge in [-0.2, -0.15) is 0 Å². The lowest BCUT2D eigenvalue weighted by molar-refractivity contribution is -0.111. The molecular weight excluding hydrogens is 240 g/mol. The average molecular weight is 255 g/mol. The van der Waals surface area contributed by atoms with Crippen LogP contribution in [0.15, 0.2) is 47.9 Å². The van der Waals surface area contributed by atoms with Crippen molar-refractivity contribution >= 4 is 28.5 Å². The van der Waals surface area contributed by atoms with Crippen LogP contribution in [0.1, 0.15) is 13.8 Å². The number of carbonyl (C=O) groups is 1. The minimum Gasteiger partial charge on any atom is -0.285 e. The van der Waals surface area contributed by atoms with Crippen molar-refractivity contribution in [3.63, 3.8) is 0 Å². The van der Waals surface area contributed by atoms with Gasteiger partial charge < -0.3 is 0 Å². The van der Waals surface area contributed by atoms with Crippen LogP contribution >= 0.6 is 23.4 Å². The Bertz CT molecular complexity index is 373. The van der Waals surface area contributed by atoms with E-state index in [1.807, 2.05) is 44.2 Å². The molecule has 0 spiro atoms. The number of alkyl halides is 1. The maximum absolute atomic E-state index is 11.9. The Morgan fingerprint density at radius 3 is 2.50 bits per heavy atom. The van der Waals surface area contributed by atoms with Gasteiger partial charge in [-0.3, -0.25) is 4.79 Å². The lowest BCUT2D eigenvalue weighted by atomic mass is 9.90. The van der Waals surface area contributed by atoms with Crippen LogP contribution < -0.4 is 0 Å². The predicted octanol–water partition coefficient (Wildman–Crippen LogP) is 4.12. The lowest BCUT2D eigenvalue weighted by Crippen LogP contribution is -2.28. The van der Waals surface area contributed by atoms with Crippen LogP contribution in [-0.2, 0) is 4.79 Å².